The Kier molecular flexibility index (Phi) is 4.60. The van der Waals surface area contributed by atoms with Gasteiger partial charge in [-0.2, -0.15) is 14.8 Å². The maximum atomic E-state index is 10.6. The number of benzene rings is 1. The first kappa shape index (κ1) is 17.9. The Bertz CT molecular complexity index is 851. The predicted molar refractivity (Wildman–Crippen MR) is 95.4 cm³/mol. The van der Waals surface area contributed by atoms with Crippen LogP contribution in [0.2, 0.25) is 0 Å². The molecule has 2 aromatic rings. The minimum atomic E-state index is -1.34. The maximum Gasteiger partial charge on any atom is 0.300 e. The zero-order chi connectivity index (χ0) is 19.0. The summed E-state index contributed by atoms with van der Waals surface area (Å²) in [4.78, 5) is 18.5. The van der Waals surface area contributed by atoms with Gasteiger partial charge in [0.25, 0.3) is 6.23 Å². The van der Waals surface area contributed by atoms with E-state index in [9.17, 15) is 15.3 Å². The molecule has 0 amide bonds. The Balaban J connectivity index is 1.74. The van der Waals surface area contributed by atoms with Crippen molar-refractivity contribution in [3.8, 4) is 0 Å². The van der Waals surface area contributed by atoms with E-state index >= 15 is 0 Å². The van der Waals surface area contributed by atoms with Crippen LogP contribution in [0.5, 0.6) is 0 Å². The van der Waals surface area contributed by atoms with E-state index < -0.39 is 35.8 Å². The van der Waals surface area contributed by atoms with Gasteiger partial charge in [-0.3, -0.25) is 0 Å². The van der Waals surface area contributed by atoms with Gasteiger partial charge in [-0.15, -0.1) is 0 Å². The van der Waals surface area contributed by atoms with E-state index in [1.807, 2.05) is 30.3 Å². The normalized spacial score (nSPS) is 32.0. The number of anilines is 1. The lowest BCUT2D eigenvalue weighted by Crippen LogP contribution is -2.59. The lowest BCUT2D eigenvalue weighted by atomic mass is 10.1. The van der Waals surface area contributed by atoms with E-state index in [0.29, 0.717) is 5.69 Å². The summed E-state index contributed by atoms with van der Waals surface area (Å²) in [5.41, 5.74) is 7.08. The van der Waals surface area contributed by atoms with Gasteiger partial charge in [0.05, 0.1) is 6.61 Å². The molecule has 0 bridgehead atoms. The molecule has 142 valence electrons. The molecule has 0 radical (unpaired) electrons. The molecule has 5 N–H and O–H groups in total. The second-order valence-electron chi connectivity index (χ2n) is 6.37. The quantitative estimate of drug-likeness (QED) is 0.518. The number of aliphatic hydroxyl groups is 3. The molecular weight excluding hydrogens is 354 g/mol. The van der Waals surface area contributed by atoms with E-state index in [-0.39, 0.29) is 18.2 Å². The standard InChI is InChI=1S/C17H20N5O5/c18-15-12-16(20-8-19-15)22(9-21-12,26-7-10-4-2-1-3-5-10)17-14(25)13(24)11(6-23)27-17/h1-5,8-9,11,13-14,17,23-25H,6-7H2,(H2,18,19,20)/q+1/t11-,13-,14-,17-,22?/m1/s1. The number of ether oxygens (including phenoxy) is 1. The van der Waals surface area contributed by atoms with Crippen LogP contribution in [0.25, 0.3) is 0 Å². The first-order chi connectivity index (χ1) is 13.1. The van der Waals surface area contributed by atoms with Gasteiger partial charge in [-0.25, -0.2) is 4.98 Å². The number of aliphatic hydroxyl groups excluding tert-OH is 3. The molecule has 1 aromatic carbocycles. The second-order valence-corrected chi connectivity index (χ2v) is 6.37. The number of rotatable bonds is 5. The third kappa shape index (κ3) is 2.88. The van der Waals surface area contributed by atoms with Crippen LogP contribution < -0.4 is 10.4 Å². The molecule has 0 saturated carbocycles. The Morgan fingerprint density at radius 3 is 2.63 bits per heavy atom. The lowest BCUT2D eigenvalue weighted by molar-refractivity contribution is -0.214. The molecule has 0 spiro atoms. The van der Waals surface area contributed by atoms with Gasteiger partial charge >= 0.3 is 5.82 Å². The molecular formula is C17H20N5O5+. The van der Waals surface area contributed by atoms with Crippen molar-refractivity contribution >= 4 is 23.7 Å². The zero-order valence-electron chi connectivity index (χ0n) is 14.3. The van der Waals surface area contributed by atoms with Gasteiger partial charge in [0, 0.05) is 0 Å². The van der Waals surface area contributed by atoms with Crippen molar-refractivity contribution in [2.45, 2.75) is 31.1 Å². The number of nitrogens with two attached hydrogens (primary N) is 1. The number of aromatic nitrogens is 2. The van der Waals surface area contributed by atoms with E-state index in [1.165, 1.54) is 12.7 Å². The van der Waals surface area contributed by atoms with Crippen molar-refractivity contribution in [2.75, 3.05) is 12.3 Å². The highest BCUT2D eigenvalue weighted by atomic mass is 16.8. The van der Waals surface area contributed by atoms with Crippen molar-refractivity contribution in [1.29, 1.82) is 0 Å². The molecule has 2 aliphatic heterocycles. The molecule has 1 saturated heterocycles. The third-order valence-electron chi connectivity index (χ3n) is 4.70. The van der Waals surface area contributed by atoms with Crippen LogP contribution in [-0.4, -0.2) is 62.8 Å². The molecule has 27 heavy (non-hydrogen) atoms. The van der Waals surface area contributed by atoms with Gasteiger partial charge in [-0.1, -0.05) is 35.0 Å². The molecule has 0 aliphatic carbocycles. The fourth-order valence-corrected chi connectivity index (χ4v) is 3.27. The fraction of sp³-hybridized carbons (Fsp3) is 0.353. The van der Waals surface area contributed by atoms with Crippen LogP contribution in [0, 0.1) is 0 Å². The summed E-state index contributed by atoms with van der Waals surface area (Å²) in [6, 6.07) is 9.41. The SMILES string of the molecule is Nc1ncnc2c1N=C[N+]2(OCc1ccccc1)[C@@H]1O[C@H](CO)[C@@H](O)[C@H]1O. The van der Waals surface area contributed by atoms with E-state index in [4.69, 9.17) is 15.3 Å². The summed E-state index contributed by atoms with van der Waals surface area (Å²) in [6.07, 6.45) is -2.02. The Hall–Kier alpha value is -2.47. The van der Waals surface area contributed by atoms with Crippen molar-refractivity contribution in [2.24, 2.45) is 4.99 Å². The Morgan fingerprint density at radius 2 is 1.93 bits per heavy atom. The third-order valence-corrected chi connectivity index (χ3v) is 4.70. The van der Waals surface area contributed by atoms with Crippen LogP contribution in [0.15, 0.2) is 41.7 Å². The van der Waals surface area contributed by atoms with Gasteiger partial charge in [0.2, 0.25) is 6.34 Å². The van der Waals surface area contributed by atoms with Gasteiger partial charge in [0.1, 0.15) is 25.1 Å². The molecule has 1 aromatic heterocycles. The smallest absolute Gasteiger partial charge is 0.300 e. The van der Waals surface area contributed by atoms with Crippen molar-refractivity contribution in [3.05, 3.63) is 42.2 Å². The second kappa shape index (κ2) is 6.93. The summed E-state index contributed by atoms with van der Waals surface area (Å²) >= 11 is 0. The number of fused-ring (bicyclic) bond motifs is 1. The molecule has 1 fully saturated rings. The van der Waals surface area contributed by atoms with Gasteiger partial charge in [-0.05, 0) is 5.56 Å². The van der Waals surface area contributed by atoms with Crippen LogP contribution in [0.4, 0.5) is 17.3 Å². The molecule has 2 aliphatic rings. The number of quaternary nitrogens is 1. The van der Waals surface area contributed by atoms with E-state index in [2.05, 4.69) is 15.0 Å². The largest absolute Gasteiger partial charge is 0.394 e. The number of hydrogen-bond acceptors (Lipinski definition) is 9. The fourth-order valence-electron chi connectivity index (χ4n) is 3.27. The summed E-state index contributed by atoms with van der Waals surface area (Å²) in [7, 11) is 0. The monoisotopic (exact) mass is 374 g/mol. The number of nitrogens with zero attached hydrogens (tertiary/aromatic N) is 4. The summed E-state index contributed by atoms with van der Waals surface area (Å²) in [5.74, 6) is 0.444. The Labute approximate surface area is 154 Å². The van der Waals surface area contributed by atoms with Crippen molar-refractivity contribution in [3.63, 3.8) is 0 Å². The lowest BCUT2D eigenvalue weighted by Gasteiger charge is -2.32. The van der Waals surface area contributed by atoms with Gasteiger partial charge < -0.3 is 25.8 Å². The van der Waals surface area contributed by atoms with E-state index in [1.54, 1.807) is 0 Å². The number of nitrogen functional groups attached to an aromatic ring is 1. The number of hydroxylamine groups is 2. The van der Waals surface area contributed by atoms with E-state index in [0.717, 1.165) is 5.56 Å². The van der Waals surface area contributed by atoms with Crippen LogP contribution in [0.1, 0.15) is 5.56 Å². The summed E-state index contributed by atoms with van der Waals surface area (Å²) in [5, 5.41) is 30.2. The minimum absolute atomic E-state index is 0.155. The topological polar surface area (TPSA) is 143 Å². The predicted octanol–water partition coefficient (Wildman–Crippen LogP) is -0.390. The molecule has 3 heterocycles. The Morgan fingerprint density at radius 1 is 1.15 bits per heavy atom. The highest BCUT2D eigenvalue weighted by Crippen LogP contribution is 2.44. The van der Waals surface area contributed by atoms with Crippen molar-refractivity contribution < 1.29 is 24.9 Å². The molecule has 5 atom stereocenters. The zero-order valence-corrected chi connectivity index (χ0v) is 14.3. The van der Waals surface area contributed by atoms with Crippen LogP contribution in [0.3, 0.4) is 0 Å². The highest BCUT2D eigenvalue weighted by molar-refractivity contribution is 5.89. The highest BCUT2D eigenvalue weighted by Gasteiger charge is 2.60. The van der Waals surface area contributed by atoms with Crippen LogP contribution >= 0.6 is 0 Å². The first-order valence-corrected chi connectivity index (χ1v) is 8.42. The number of aliphatic imine (C=N–C) groups is 1. The molecule has 10 nitrogen and oxygen atoms in total. The average Bonchev–Trinajstić information content (AvgIpc) is 3.21. The van der Waals surface area contributed by atoms with Gasteiger partial charge in [0.15, 0.2) is 17.6 Å². The summed E-state index contributed by atoms with van der Waals surface area (Å²) in [6.45, 7) is -0.300. The average molecular weight is 374 g/mol. The first-order valence-electron chi connectivity index (χ1n) is 8.42. The molecule has 4 rings (SSSR count). The minimum Gasteiger partial charge on any atom is -0.394 e. The maximum absolute atomic E-state index is 10.6. The van der Waals surface area contributed by atoms with Crippen molar-refractivity contribution in [1.82, 2.24) is 14.6 Å². The molecule has 10 heteroatoms. The van der Waals surface area contributed by atoms with Crippen LogP contribution in [-0.2, 0) is 16.2 Å². The summed E-state index contributed by atoms with van der Waals surface area (Å²) < 4.78 is 5.18. The number of hydrogen-bond donors (Lipinski definition) is 4. The molecule has 1 unspecified atom stereocenters.